The van der Waals surface area contributed by atoms with Crippen molar-refractivity contribution in [3.63, 3.8) is 0 Å². The van der Waals surface area contributed by atoms with Crippen molar-refractivity contribution in [3.8, 4) is 0 Å². The van der Waals surface area contributed by atoms with E-state index in [0.717, 1.165) is 43.3 Å². The fraction of sp³-hybridized carbons (Fsp3) is 1.00. The second-order valence-electron chi connectivity index (χ2n) is 9.85. The molecule has 2 nitrogen and oxygen atoms in total. The van der Waals surface area contributed by atoms with Crippen LogP contribution in [0.25, 0.3) is 0 Å². The third kappa shape index (κ3) is 1.83. The van der Waals surface area contributed by atoms with Gasteiger partial charge >= 0.3 is 0 Å². The first-order valence-electron chi connectivity index (χ1n) is 10.4. The third-order valence-electron chi connectivity index (χ3n) is 9.38. The van der Waals surface area contributed by atoms with Crippen LogP contribution in [0.5, 0.6) is 0 Å². The summed E-state index contributed by atoms with van der Waals surface area (Å²) in [7, 11) is 0. The molecule has 0 N–H and O–H groups in total. The minimum absolute atomic E-state index is 0.215. The van der Waals surface area contributed by atoms with Gasteiger partial charge in [0.2, 0.25) is 0 Å². The summed E-state index contributed by atoms with van der Waals surface area (Å²) in [5, 5.41) is 0. The van der Waals surface area contributed by atoms with Gasteiger partial charge in [0.25, 0.3) is 0 Å². The van der Waals surface area contributed by atoms with Gasteiger partial charge in [0.1, 0.15) is 0 Å². The molecule has 0 aromatic heterocycles. The molecule has 5 rings (SSSR count). The minimum Gasteiger partial charge on any atom is -0.347 e. The van der Waals surface area contributed by atoms with E-state index in [1.54, 1.807) is 0 Å². The lowest BCUT2D eigenvalue weighted by molar-refractivity contribution is -0.247. The van der Waals surface area contributed by atoms with Gasteiger partial charge in [0.05, 0.1) is 13.2 Å². The summed E-state index contributed by atoms with van der Waals surface area (Å²) in [6, 6.07) is 0. The summed E-state index contributed by atoms with van der Waals surface area (Å²) in [4.78, 5) is 0. The molecule has 0 amide bonds. The van der Waals surface area contributed by atoms with E-state index in [9.17, 15) is 0 Å². The summed E-state index contributed by atoms with van der Waals surface area (Å²) in [6.07, 6.45) is 14.2. The monoisotopic (exact) mass is 318 g/mol. The van der Waals surface area contributed by atoms with Crippen molar-refractivity contribution in [2.24, 2.45) is 34.5 Å². The van der Waals surface area contributed by atoms with Crippen LogP contribution in [0.4, 0.5) is 0 Å². The molecule has 4 saturated carbocycles. The van der Waals surface area contributed by atoms with Crippen molar-refractivity contribution in [1.82, 2.24) is 0 Å². The molecule has 0 aromatic carbocycles. The Kier molecular flexibility index (Phi) is 3.29. The topological polar surface area (TPSA) is 18.5 Å². The smallest absolute Gasteiger partial charge is 0.174 e. The SMILES string of the molecule is C[C@]12CCC3C(CC[C@@H]4CCCC[C@]34C)C1CCC21OCCO1. The number of rotatable bonds is 0. The molecule has 0 aromatic rings. The second kappa shape index (κ2) is 4.97. The van der Waals surface area contributed by atoms with E-state index in [4.69, 9.17) is 9.47 Å². The summed E-state index contributed by atoms with van der Waals surface area (Å²) < 4.78 is 12.5. The Labute approximate surface area is 141 Å². The van der Waals surface area contributed by atoms with E-state index < -0.39 is 0 Å². The van der Waals surface area contributed by atoms with Crippen LogP contribution in [0.2, 0.25) is 0 Å². The van der Waals surface area contributed by atoms with Crippen LogP contribution in [0.1, 0.15) is 78.1 Å². The van der Waals surface area contributed by atoms with E-state index in [-0.39, 0.29) is 11.2 Å². The summed E-state index contributed by atoms with van der Waals surface area (Å²) in [5.41, 5.74) is 0.929. The van der Waals surface area contributed by atoms with Crippen molar-refractivity contribution >= 4 is 0 Å². The molecule has 4 aliphatic carbocycles. The minimum atomic E-state index is -0.215. The van der Waals surface area contributed by atoms with E-state index in [0.29, 0.717) is 5.41 Å². The van der Waals surface area contributed by atoms with E-state index in [1.807, 2.05) is 0 Å². The highest BCUT2D eigenvalue weighted by molar-refractivity contribution is 5.12. The van der Waals surface area contributed by atoms with Crippen LogP contribution in [-0.4, -0.2) is 19.0 Å². The van der Waals surface area contributed by atoms with Crippen LogP contribution in [-0.2, 0) is 9.47 Å². The first-order chi connectivity index (χ1) is 11.1. The zero-order chi connectivity index (χ0) is 15.7. The van der Waals surface area contributed by atoms with Crippen LogP contribution in [0.3, 0.4) is 0 Å². The Balaban J connectivity index is 1.47. The normalized spacial score (nSPS) is 54.5. The lowest BCUT2D eigenvalue weighted by atomic mass is 9.45. The molecule has 1 saturated heterocycles. The number of hydrogen-bond acceptors (Lipinski definition) is 2. The maximum atomic E-state index is 6.26. The van der Waals surface area contributed by atoms with Crippen molar-refractivity contribution in [1.29, 1.82) is 0 Å². The van der Waals surface area contributed by atoms with Gasteiger partial charge in [-0.25, -0.2) is 0 Å². The van der Waals surface area contributed by atoms with E-state index >= 15 is 0 Å². The molecule has 2 heteroatoms. The lowest BCUT2D eigenvalue weighted by Gasteiger charge is -2.61. The first kappa shape index (κ1) is 15.2. The Morgan fingerprint density at radius 3 is 2.35 bits per heavy atom. The van der Waals surface area contributed by atoms with Crippen LogP contribution >= 0.6 is 0 Å². The highest BCUT2D eigenvalue weighted by Gasteiger charge is 2.66. The quantitative estimate of drug-likeness (QED) is 0.614. The molecular formula is C21H34O2. The van der Waals surface area contributed by atoms with Gasteiger partial charge in [-0.3, -0.25) is 0 Å². The molecule has 5 fully saturated rings. The van der Waals surface area contributed by atoms with Gasteiger partial charge in [-0.1, -0.05) is 26.7 Å². The van der Waals surface area contributed by atoms with Crippen molar-refractivity contribution in [2.75, 3.05) is 13.2 Å². The number of fused-ring (bicyclic) bond motifs is 6. The standard InChI is InChI=1S/C21H34O2/c1-19-10-4-3-5-15(19)6-7-16-17(19)8-11-20(2)18(16)9-12-21(20)22-13-14-23-21/h15-18H,3-14H2,1-2H3/t15-,16?,17?,18?,19-,20-/m0/s1. The molecular weight excluding hydrogens is 284 g/mol. The van der Waals surface area contributed by atoms with Crippen LogP contribution < -0.4 is 0 Å². The second-order valence-corrected chi connectivity index (χ2v) is 9.85. The molecule has 1 heterocycles. The number of ether oxygens (including phenoxy) is 2. The van der Waals surface area contributed by atoms with Gasteiger partial charge in [0, 0.05) is 11.8 Å². The molecule has 1 aliphatic heterocycles. The lowest BCUT2D eigenvalue weighted by Crippen LogP contribution is -2.56. The predicted octanol–water partition coefficient (Wildman–Crippen LogP) is 5.16. The Hall–Kier alpha value is -0.0800. The fourth-order valence-electron chi connectivity index (χ4n) is 8.18. The zero-order valence-corrected chi connectivity index (χ0v) is 15.1. The molecule has 5 aliphatic rings. The van der Waals surface area contributed by atoms with Gasteiger partial charge in [0.15, 0.2) is 5.79 Å². The largest absolute Gasteiger partial charge is 0.347 e. The highest BCUT2D eigenvalue weighted by atomic mass is 16.7. The average Bonchev–Trinajstić information content (AvgIpc) is 3.14. The Morgan fingerprint density at radius 2 is 1.52 bits per heavy atom. The molecule has 6 atom stereocenters. The maximum absolute atomic E-state index is 6.26. The summed E-state index contributed by atoms with van der Waals surface area (Å²) in [6.45, 7) is 6.82. The first-order valence-corrected chi connectivity index (χ1v) is 10.4. The molecule has 0 radical (unpaired) electrons. The van der Waals surface area contributed by atoms with Gasteiger partial charge in [-0.2, -0.15) is 0 Å². The molecule has 23 heavy (non-hydrogen) atoms. The molecule has 130 valence electrons. The number of hydrogen-bond donors (Lipinski definition) is 0. The van der Waals surface area contributed by atoms with Crippen molar-refractivity contribution < 1.29 is 9.47 Å². The fourth-order valence-corrected chi connectivity index (χ4v) is 8.18. The maximum Gasteiger partial charge on any atom is 0.174 e. The molecule has 1 spiro atoms. The van der Waals surface area contributed by atoms with Crippen LogP contribution in [0, 0.1) is 34.5 Å². The Morgan fingerprint density at radius 1 is 0.739 bits per heavy atom. The predicted molar refractivity (Wildman–Crippen MR) is 91.0 cm³/mol. The average molecular weight is 319 g/mol. The summed E-state index contributed by atoms with van der Waals surface area (Å²) in [5.74, 6) is 3.58. The van der Waals surface area contributed by atoms with Gasteiger partial charge in [-0.15, -0.1) is 0 Å². The van der Waals surface area contributed by atoms with Gasteiger partial charge in [-0.05, 0) is 74.0 Å². The molecule has 0 bridgehead atoms. The third-order valence-corrected chi connectivity index (χ3v) is 9.38. The highest BCUT2D eigenvalue weighted by Crippen LogP contribution is 2.69. The molecule has 3 unspecified atom stereocenters. The van der Waals surface area contributed by atoms with Crippen molar-refractivity contribution in [2.45, 2.75) is 83.8 Å². The van der Waals surface area contributed by atoms with Crippen LogP contribution in [0.15, 0.2) is 0 Å². The van der Waals surface area contributed by atoms with Crippen molar-refractivity contribution in [3.05, 3.63) is 0 Å². The van der Waals surface area contributed by atoms with Gasteiger partial charge < -0.3 is 9.47 Å². The van der Waals surface area contributed by atoms with E-state index in [2.05, 4.69) is 13.8 Å². The van der Waals surface area contributed by atoms with E-state index in [1.165, 1.54) is 57.8 Å². The Bertz CT molecular complexity index is 482. The summed E-state index contributed by atoms with van der Waals surface area (Å²) >= 11 is 0. The zero-order valence-electron chi connectivity index (χ0n) is 15.1.